The van der Waals surface area contributed by atoms with Gasteiger partial charge in [-0.15, -0.1) is 5.10 Å². The molecule has 0 aliphatic carbocycles. The van der Waals surface area contributed by atoms with Gasteiger partial charge in [-0.05, 0) is 6.07 Å². The van der Waals surface area contributed by atoms with Gasteiger partial charge in [-0.3, -0.25) is 0 Å². The second-order valence-corrected chi connectivity index (χ2v) is 3.80. The maximum absolute atomic E-state index is 11.8. The van der Waals surface area contributed by atoms with E-state index in [1.54, 1.807) is 6.07 Å². The summed E-state index contributed by atoms with van der Waals surface area (Å²) >= 11 is 0. The highest BCUT2D eigenvalue weighted by atomic mass is 19.4. The molecule has 1 rings (SSSR count). The molecule has 1 aromatic heterocycles. The molecule has 1 heterocycles. The summed E-state index contributed by atoms with van der Waals surface area (Å²) in [7, 11) is 0. The van der Waals surface area contributed by atoms with Gasteiger partial charge in [-0.25, -0.2) is 0 Å². The second kappa shape index (κ2) is 5.81. The van der Waals surface area contributed by atoms with Crippen LogP contribution in [0.2, 0.25) is 0 Å². The molecule has 0 saturated carbocycles. The molecule has 0 atom stereocenters. The van der Waals surface area contributed by atoms with E-state index in [0.717, 1.165) is 0 Å². The van der Waals surface area contributed by atoms with Crippen LogP contribution in [0.25, 0.3) is 0 Å². The highest BCUT2D eigenvalue weighted by Crippen LogP contribution is 2.16. The number of aromatic nitrogens is 2. The number of hydrogen-bond donors (Lipinski definition) is 1. The van der Waals surface area contributed by atoms with E-state index in [0.29, 0.717) is 18.3 Å². The topological polar surface area (TPSA) is 47.0 Å². The van der Waals surface area contributed by atoms with E-state index >= 15 is 0 Å². The number of halogens is 3. The number of ether oxygens (including phenoxy) is 1. The summed E-state index contributed by atoms with van der Waals surface area (Å²) in [6, 6.07) is 3.25. The third-order valence-electron chi connectivity index (χ3n) is 1.77. The number of rotatable bonds is 5. The molecule has 7 heteroatoms. The molecular weight excluding hydrogens is 235 g/mol. The molecule has 0 radical (unpaired) electrons. The fourth-order valence-electron chi connectivity index (χ4n) is 0.983. The van der Waals surface area contributed by atoms with Crippen molar-refractivity contribution >= 4 is 0 Å². The number of nitrogens with zero attached hydrogens (tertiary/aromatic N) is 2. The quantitative estimate of drug-likeness (QED) is 0.866. The smallest absolute Gasteiger partial charge is 0.422 e. The van der Waals surface area contributed by atoms with Gasteiger partial charge in [0.2, 0.25) is 5.88 Å². The minimum Gasteiger partial charge on any atom is -0.467 e. The molecule has 0 aromatic carbocycles. The number of alkyl halides is 3. The summed E-state index contributed by atoms with van der Waals surface area (Å²) in [4.78, 5) is 0. The molecule has 0 saturated heterocycles. The van der Waals surface area contributed by atoms with E-state index in [4.69, 9.17) is 0 Å². The van der Waals surface area contributed by atoms with Crippen molar-refractivity contribution in [3.63, 3.8) is 0 Å². The molecule has 0 aliphatic rings. The highest BCUT2D eigenvalue weighted by Gasteiger charge is 2.28. The largest absolute Gasteiger partial charge is 0.467 e. The monoisotopic (exact) mass is 249 g/mol. The van der Waals surface area contributed by atoms with Crippen LogP contribution in [0.1, 0.15) is 19.5 Å². The molecule has 1 aromatic rings. The molecule has 0 fully saturated rings. The van der Waals surface area contributed by atoms with Gasteiger partial charge in [0, 0.05) is 18.7 Å². The lowest BCUT2D eigenvalue weighted by atomic mass is 10.3. The minimum atomic E-state index is -4.36. The van der Waals surface area contributed by atoms with Gasteiger partial charge in [0.15, 0.2) is 6.61 Å². The van der Waals surface area contributed by atoms with E-state index in [2.05, 4.69) is 20.3 Å². The summed E-state index contributed by atoms with van der Waals surface area (Å²) < 4.78 is 40.0. The summed E-state index contributed by atoms with van der Waals surface area (Å²) in [5, 5.41) is 10.4. The van der Waals surface area contributed by atoms with Crippen molar-refractivity contribution in [2.24, 2.45) is 0 Å². The molecule has 1 N–H and O–H groups in total. The van der Waals surface area contributed by atoms with Crippen molar-refractivity contribution < 1.29 is 17.9 Å². The Morgan fingerprint density at radius 2 is 2.00 bits per heavy atom. The SMILES string of the molecule is CC(C)NCc1ccc(OCC(F)(F)F)nn1. The lowest BCUT2D eigenvalue weighted by Gasteiger charge is -2.09. The molecule has 4 nitrogen and oxygen atoms in total. The Kier molecular flexibility index (Phi) is 4.68. The van der Waals surface area contributed by atoms with Crippen LogP contribution in [0.4, 0.5) is 13.2 Å². The summed E-state index contributed by atoms with van der Waals surface area (Å²) in [6.45, 7) is 3.12. The Bertz CT molecular complexity index is 338. The highest BCUT2D eigenvalue weighted by molar-refractivity contribution is 5.11. The summed E-state index contributed by atoms with van der Waals surface area (Å²) in [6.07, 6.45) is -4.36. The first kappa shape index (κ1) is 13.7. The molecule has 0 aliphatic heterocycles. The normalized spacial score (nSPS) is 11.9. The molecule has 0 bridgehead atoms. The van der Waals surface area contributed by atoms with Gasteiger partial charge in [0.25, 0.3) is 0 Å². The summed E-state index contributed by atoms with van der Waals surface area (Å²) in [5.41, 5.74) is 0.651. The third-order valence-corrected chi connectivity index (χ3v) is 1.77. The lowest BCUT2D eigenvalue weighted by molar-refractivity contribution is -0.154. The standard InChI is InChI=1S/C10H14F3N3O/c1-7(2)14-5-8-3-4-9(16-15-8)17-6-10(11,12)13/h3-4,7,14H,5-6H2,1-2H3. The van der Waals surface area contributed by atoms with Gasteiger partial charge < -0.3 is 10.1 Å². The predicted molar refractivity (Wildman–Crippen MR) is 55.6 cm³/mol. The Labute approximate surface area is 97.2 Å². The van der Waals surface area contributed by atoms with Crippen molar-refractivity contribution in [3.8, 4) is 5.88 Å². The molecule has 0 unspecified atom stereocenters. The van der Waals surface area contributed by atoms with E-state index < -0.39 is 12.8 Å². The first-order valence-corrected chi connectivity index (χ1v) is 5.12. The van der Waals surface area contributed by atoms with Crippen LogP contribution in [0.5, 0.6) is 5.88 Å². The maximum Gasteiger partial charge on any atom is 0.422 e. The van der Waals surface area contributed by atoms with Crippen LogP contribution in [-0.2, 0) is 6.54 Å². The zero-order chi connectivity index (χ0) is 12.9. The van der Waals surface area contributed by atoms with Crippen LogP contribution in [0, 0.1) is 0 Å². The first-order chi connectivity index (χ1) is 7.87. The van der Waals surface area contributed by atoms with Crippen molar-refractivity contribution in [1.82, 2.24) is 15.5 Å². The van der Waals surface area contributed by atoms with E-state index in [-0.39, 0.29) is 5.88 Å². The summed E-state index contributed by atoms with van der Waals surface area (Å²) in [5.74, 6) is -0.129. The molecular formula is C10H14F3N3O. The van der Waals surface area contributed by atoms with Crippen molar-refractivity contribution in [1.29, 1.82) is 0 Å². The predicted octanol–water partition coefficient (Wildman–Crippen LogP) is 1.92. The Balaban J connectivity index is 2.45. The van der Waals surface area contributed by atoms with Gasteiger partial charge in [0.1, 0.15) is 0 Å². The molecule has 17 heavy (non-hydrogen) atoms. The van der Waals surface area contributed by atoms with E-state index in [1.807, 2.05) is 13.8 Å². The minimum absolute atomic E-state index is 0.129. The van der Waals surface area contributed by atoms with Gasteiger partial charge >= 0.3 is 6.18 Å². The maximum atomic E-state index is 11.8. The van der Waals surface area contributed by atoms with Crippen LogP contribution in [0.3, 0.4) is 0 Å². The molecule has 96 valence electrons. The fourth-order valence-corrected chi connectivity index (χ4v) is 0.983. The first-order valence-electron chi connectivity index (χ1n) is 5.12. The van der Waals surface area contributed by atoms with Gasteiger partial charge in [-0.2, -0.15) is 18.3 Å². The van der Waals surface area contributed by atoms with Crippen molar-refractivity contribution in [2.45, 2.75) is 32.6 Å². The average Bonchev–Trinajstić information content (AvgIpc) is 2.24. The zero-order valence-corrected chi connectivity index (χ0v) is 9.58. The van der Waals surface area contributed by atoms with Crippen LogP contribution in [-0.4, -0.2) is 29.0 Å². The van der Waals surface area contributed by atoms with Gasteiger partial charge in [0.05, 0.1) is 5.69 Å². The number of nitrogens with one attached hydrogen (secondary N) is 1. The van der Waals surface area contributed by atoms with Crippen LogP contribution in [0.15, 0.2) is 12.1 Å². The average molecular weight is 249 g/mol. The Morgan fingerprint density at radius 3 is 2.47 bits per heavy atom. The zero-order valence-electron chi connectivity index (χ0n) is 9.58. The van der Waals surface area contributed by atoms with Crippen molar-refractivity contribution in [2.75, 3.05) is 6.61 Å². The second-order valence-electron chi connectivity index (χ2n) is 3.80. The van der Waals surface area contributed by atoms with Crippen LogP contribution < -0.4 is 10.1 Å². The Hall–Kier alpha value is -1.37. The molecule has 0 spiro atoms. The van der Waals surface area contributed by atoms with Gasteiger partial charge in [-0.1, -0.05) is 13.8 Å². The Morgan fingerprint density at radius 1 is 1.29 bits per heavy atom. The third kappa shape index (κ3) is 6.06. The van der Waals surface area contributed by atoms with Crippen molar-refractivity contribution in [3.05, 3.63) is 17.8 Å². The van der Waals surface area contributed by atoms with E-state index in [9.17, 15) is 13.2 Å². The lowest BCUT2D eigenvalue weighted by Crippen LogP contribution is -2.23. The number of hydrogen-bond acceptors (Lipinski definition) is 4. The molecule has 0 amide bonds. The van der Waals surface area contributed by atoms with Crippen LogP contribution >= 0.6 is 0 Å². The van der Waals surface area contributed by atoms with E-state index in [1.165, 1.54) is 6.07 Å². The fraction of sp³-hybridized carbons (Fsp3) is 0.600.